The molecule has 0 aliphatic carbocycles. The molecule has 0 atom stereocenters. The van der Waals surface area contributed by atoms with Crippen LogP contribution in [0, 0.1) is 0 Å². The number of aromatic hydroxyl groups is 1. The van der Waals surface area contributed by atoms with Crippen LogP contribution in [0.2, 0.25) is 5.02 Å². The van der Waals surface area contributed by atoms with E-state index in [1.165, 1.54) is 0 Å². The van der Waals surface area contributed by atoms with Gasteiger partial charge in [-0.05, 0) is 18.7 Å². The summed E-state index contributed by atoms with van der Waals surface area (Å²) in [7, 11) is 1.93. The molecule has 0 saturated carbocycles. The van der Waals surface area contributed by atoms with Gasteiger partial charge in [-0.2, -0.15) is 0 Å². The number of halogens is 1. The normalized spacial score (nSPS) is 11.1. The van der Waals surface area contributed by atoms with E-state index in [0.29, 0.717) is 6.54 Å². The Balaban J connectivity index is 2.73. The van der Waals surface area contributed by atoms with Crippen LogP contribution >= 0.6 is 11.6 Å². The second kappa shape index (κ2) is 3.76. The summed E-state index contributed by atoms with van der Waals surface area (Å²) in [4.78, 5) is 0. The lowest BCUT2D eigenvalue weighted by molar-refractivity contribution is 0.476. The molecule has 0 unspecified atom stereocenters. The van der Waals surface area contributed by atoms with Crippen molar-refractivity contribution in [1.82, 2.24) is 4.57 Å². The second-order valence-electron chi connectivity index (χ2n) is 3.56. The Morgan fingerprint density at radius 3 is 2.87 bits per heavy atom. The van der Waals surface area contributed by atoms with Gasteiger partial charge in [0.15, 0.2) is 0 Å². The Morgan fingerprint density at radius 2 is 2.20 bits per heavy atom. The third kappa shape index (κ3) is 1.58. The smallest absolute Gasteiger partial charge is 0.117 e. The summed E-state index contributed by atoms with van der Waals surface area (Å²) in [6.07, 6.45) is 0.741. The fourth-order valence-electron chi connectivity index (χ4n) is 1.85. The molecule has 1 aromatic heterocycles. The molecule has 3 N–H and O–H groups in total. The summed E-state index contributed by atoms with van der Waals surface area (Å²) < 4.78 is 1.98. The Kier molecular flexibility index (Phi) is 2.59. The number of nitrogens with two attached hydrogens (primary N) is 1. The highest BCUT2D eigenvalue weighted by molar-refractivity contribution is 6.36. The Bertz CT molecular complexity index is 505. The quantitative estimate of drug-likeness (QED) is 0.820. The molecule has 0 saturated heterocycles. The maximum absolute atomic E-state index is 9.40. The zero-order chi connectivity index (χ0) is 11.0. The molecule has 0 aliphatic heterocycles. The van der Waals surface area contributed by atoms with Crippen LogP contribution in [-0.2, 0) is 13.5 Å². The van der Waals surface area contributed by atoms with Crippen molar-refractivity contribution in [3.63, 3.8) is 0 Å². The summed E-state index contributed by atoms with van der Waals surface area (Å²) >= 11 is 6.24. The van der Waals surface area contributed by atoms with E-state index in [4.69, 9.17) is 17.3 Å². The fourth-order valence-corrected chi connectivity index (χ4v) is 2.23. The summed E-state index contributed by atoms with van der Waals surface area (Å²) in [5.74, 6) is 0.249. The largest absolute Gasteiger partial charge is 0.508 e. The van der Waals surface area contributed by atoms with Crippen LogP contribution in [0.5, 0.6) is 5.75 Å². The van der Waals surface area contributed by atoms with Crippen LogP contribution in [0.25, 0.3) is 10.9 Å². The lowest BCUT2D eigenvalue weighted by Crippen LogP contribution is -2.06. The van der Waals surface area contributed by atoms with Gasteiger partial charge in [0.05, 0.1) is 10.5 Å². The molecule has 0 aliphatic rings. The van der Waals surface area contributed by atoms with Crippen molar-refractivity contribution in [2.24, 2.45) is 12.8 Å². The number of phenols is 1. The monoisotopic (exact) mass is 224 g/mol. The highest BCUT2D eigenvalue weighted by Crippen LogP contribution is 2.32. The zero-order valence-electron chi connectivity index (χ0n) is 8.50. The van der Waals surface area contributed by atoms with E-state index in [0.717, 1.165) is 28.0 Å². The van der Waals surface area contributed by atoms with Gasteiger partial charge in [-0.25, -0.2) is 0 Å². The van der Waals surface area contributed by atoms with Gasteiger partial charge in [0.25, 0.3) is 0 Å². The Hall–Kier alpha value is -1.19. The first-order valence-electron chi connectivity index (χ1n) is 4.81. The first-order chi connectivity index (χ1) is 7.15. The molecule has 0 amide bonds. The van der Waals surface area contributed by atoms with Crippen molar-refractivity contribution in [3.8, 4) is 5.75 Å². The van der Waals surface area contributed by atoms with Crippen LogP contribution in [0.1, 0.15) is 5.69 Å². The van der Waals surface area contributed by atoms with Gasteiger partial charge in [-0.3, -0.25) is 0 Å². The molecule has 80 valence electrons. The molecule has 3 nitrogen and oxygen atoms in total. The van der Waals surface area contributed by atoms with Crippen molar-refractivity contribution in [3.05, 3.63) is 28.9 Å². The molecule has 1 aromatic carbocycles. The summed E-state index contributed by atoms with van der Waals surface area (Å²) in [6, 6.07) is 5.18. The molecular formula is C11H13ClN2O. The maximum Gasteiger partial charge on any atom is 0.117 e. The predicted molar refractivity (Wildman–Crippen MR) is 62.4 cm³/mol. The van der Waals surface area contributed by atoms with Gasteiger partial charge in [-0.1, -0.05) is 11.6 Å². The van der Waals surface area contributed by atoms with Crippen LogP contribution in [0.15, 0.2) is 18.2 Å². The molecule has 15 heavy (non-hydrogen) atoms. The summed E-state index contributed by atoms with van der Waals surface area (Å²) in [5.41, 5.74) is 7.48. The first kappa shape index (κ1) is 10.3. The van der Waals surface area contributed by atoms with Gasteiger partial charge in [0.1, 0.15) is 5.75 Å². The van der Waals surface area contributed by atoms with Gasteiger partial charge >= 0.3 is 0 Å². The van der Waals surface area contributed by atoms with E-state index in [-0.39, 0.29) is 5.75 Å². The number of aromatic nitrogens is 1. The number of rotatable bonds is 2. The third-order valence-electron chi connectivity index (χ3n) is 2.62. The Labute approximate surface area is 93.1 Å². The number of benzene rings is 1. The average molecular weight is 225 g/mol. The second-order valence-corrected chi connectivity index (χ2v) is 3.94. The van der Waals surface area contributed by atoms with Gasteiger partial charge < -0.3 is 15.4 Å². The van der Waals surface area contributed by atoms with Gasteiger partial charge in [0, 0.05) is 30.6 Å². The van der Waals surface area contributed by atoms with Gasteiger partial charge in [-0.15, -0.1) is 0 Å². The lowest BCUT2D eigenvalue weighted by Gasteiger charge is -2.02. The molecule has 0 spiro atoms. The Morgan fingerprint density at radius 1 is 1.47 bits per heavy atom. The van der Waals surface area contributed by atoms with E-state index in [2.05, 4.69) is 0 Å². The molecule has 2 rings (SSSR count). The number of hydrogen-bond donors (Lipinski definition) is 2. The van der Waals surface area contributed by atoms with Crippen LogP contribution in [0.4, 0.5) is 0 Å². The topological polar surface area (TPSA) is 51.2 Å². The number of phenolic OH excluding ortho intramolecular Hbond substituents is 1. The SMILES string of the molecule is Cn1c(CCN)c(Cl)c2ccc(O)cc21. The molecule has 0 bridgehead atoms. The molecule has 1 heterocycles. The van der Waals surface area contributed by atoms with Crippen LogP contribution < -0.4 is 5.73 Å². The van der Waals surface area contributed by atoms with E-state index in [9.17, 15) is 5.11 Å². The zero-order valence-corrected chi connectivity index (χ0v) is 9.25. The van der Waals surface area contributed by atoms with Crippen molar-refractivity contribution in [2.45, 2.75) is 6.42 Å². The predicted octanol–water partition coefficient (Wildman–Crippen LogP) is 2.04. The van der Waals surface area contributed by atoms with E-state index in [1.54, 1.807) is 12.1 Å². The molecule has 0 fully saturated rings. The molecule has 4 heteroatoms. The number of nitrogens with zero attached hydrogens (tertiary/aromatic N) is 1. The molecule has 2 aromatic rings. The van der Waals surface area contributed by atoms with E-state index in [1.807, 2.05) is 17.7 Å². The van der Waals surface area contributed by atoms with Crippen molar-refractivity contribution in [1.29, 1.82) is 0 Å². The average Bonchev–Trinajstić information content (AvgIpc) is 2.44. The van der Waals surface area contributed by atoms with E-state index < -0.39 is 0 Å². The number of fused-ring (bicyclic) bond motifs is 1. The number of aryl methyl sites for hydroxylation is 1. The van der Waals surface area contributed by atoms with E-state index >= 15 is 0 Å². The highest BCUT2D eigenvalue weighted by atomic mass is 35.5. The van der Waals surface area contributed by atoms with Crippen molar-refractivity contribution < 1.29 is 5.11 Å². The maximum atomic E-state index is 9.40. The minimum absolute atomic E-state index is 0.249. The van der Waals surface area contributed by atoms with Crippen molar-refractivity contribution in [2.75, 3.05) is 6.54 Å². The van der Waals surface area contributed by atoms with Gasteiger partial charge in [0.2, 0.25) is 0 Å². The minimum atomic E-state index is 0.249. The molecular weight excluding hydrogens is 212 g/mol. The summed E-state index contributed by atoms with van der Waals surface area (Å²) in [5, 5.41) is 11.1. The highest BCUT2D eigenvalue weighted by Gasteiger charge is 2.12. The number of hydrogen-bond acceptors (Lipinski definition) is 2. The van der Waals surface area contributed by atoms with Crippen LogP contribution in [0.3, 0.4) is 0 Å². The standard InChI is InChI=1S/C11H13ClN2O/c1-14-9(4-5-13)11(12)8-3-2-7(15)6-10(8)14/h2-3,6,15H,4-5,13H2,1H3. The van der Waals surface area contributed by atoms with Crippen molar-refractivity contribution >= 4 is 22.5 Å². The fraction of sp³-hybridized carbons (Fsp3) is 0.273. The first-order valence-corrected chi connectivity index (χ1v) is 5.18. The minimum Gasteiger partial charge on any atom is -0.508 e. The van der Waals surface area contributed by atoms with Crippen LogP contribution in [-0.4, -0.2) is 16.2 Å². The molecule has 0 radical (unpaired) electrons. The lowest BCUT2D eigenvalue weighted by atomic mass is 10.2. The summed E-state index contributed by atoms with van der Waals surface area (Å²) in [6.45, 7) is 0.565. The third-order valence-corrected chi connectivity index (χ3v) is 3.04.